The third-order valence-electron chi connectivity index (χ3n) is 6.79. The Bertz CT molecular complexity index is 1710. The van der Waals surface area contributed by atoms with Gasteiger partial charge in [0.15, 0.2) is 5.13 Å². The van der Waals surface area contributed by atoms with Gasteiger partial charge in [0.2, 0.25) is 5.91 Å². The molecule has 0 bridgehead atoms. The van der Waals surface area contributed by atoms with Crippen LogP contribution in [0.25, 0.3) is 10.2 Å². The number of rotatable bonds is 7. The zero-order valence-corrected chi connectivity index (χ0v) is 22.0. The van der Waals surface area contributed by atoms with Crippen molar-refractivity contribution in [3.05, 3.63) is 76.1 Å². The van der Waals surface area contributed by atoms with E-state index in [4.69, 9.17) is 22.1 Å². The number of thiazole rings is 1. The first-order valence-corrected chi connectivity index (χ1v) is 13.5. The lowest BCUT2D eigenvalue weighted by Crippen LogP contribution is -2.20. The van der Waals surface area contributed by atoms with Gasteiger partial charge in [0.05, 0.1) is 20.9 Å². The molecule has 1 heterocycles. The van der Waals surface area contributed by atoms with Gasteiger partial charge >= 0.3 is 0 Å². The molecular formula is C28H21ClFN5O3S. The Balaban J connectivity index is 1.26. The molecule has 0 atom stereocenters. The van der Waals surface area contributed by atoms with Gasteiger partial charge in [0, 0.05) is 23.1 Å². The molecule has 196 valence electrons. The lowest BCUT2D eigenvalue weighted by molar-refractivity contribution is -0.117. The topological polar surface area (TPSA) is 130 Å². The number of carbonyl (C=O) groups excluding carboxylic acids is 2. The highest BCUT2D eigenvalue weighted by Crippen LogP contribution is 2.43. The van der Waals surface area contributed by atoms with Crippen molar-refractivity contribution >= 4 is 55.8 Å². The third kappa shape index (κ3) is 5.04. The number of halogens is 2. The van der Waals surface area contributed by atoms with Crippen LogP contribution < -0.4 is 21.1 Å². The normalized spacial score (nSPS) is 15.4. The number of ether oxygens (including phenoxy) is 1. The number of carbonyl (C=O) groups is 2. The van der Waals surface area contributed by atoms with Crippen molar-refractivity contribution in [3.8, 4) is 17.6 Å². The average Bonchev–Trinajstić information content (AvgIpc) is 3.85. The van der Waals surface area contributed by atoms with Crippen molar-refractivity contribution in [3.63, 3.8) is 0 Å². The predicted octanol–water partition coefficient (Wildman–Crippen LogP) is 6.30. The minimum atomic E-state index is -0.746. The molecule has 0 saturated heterocycles. The molecule has 0 radical (unpaired) electrons. The van der Waals surface area contributed by atoms with E-state index in [1.165, 1.54) is 17.4 Å². The van der Waals surface area contributed by atoms with E-state index in [1.54, 1.807) is 30.3 Å². The molecule has 2 aliphatic rings. The van der Waals surface area contributed by atoms with Crippen LogP contribution >= 0.6 is 22.9 Å². The fraction of sp³-hybridized carbons (Fsp3) is 0.214. The molecule has 0 spiro atoms. The zero-order valence-electron chi connectivity index (χ0n) is 20.4. The Kier molecular flexibility index (Phi) is 6.22. The second kappa shape index (κ2) is 9.61. The second-order valence-electron chi connectivity index (χ2n) is 9.74. The number of benzene rings is 3. The zero-order chi connectivity index (χ0) is 27.3. The average molecular weight is 562 g/mol. The summed E-state index contributed by atoms with van der Waals surface area (Å²) in [7, 11) is 0. The molecule has 0 unspecified atom stereocenters. The van der Waals surface area contributed by atoms with Crippen molar-refractivity contribution in [2.24, 2.45) is 11.7 Å². The number of amides is 2. The summed E-state index contributed by atoms with van der Waals surface area (Å²) in [6.07, 6.45) is 3.41. The number of nitrogens with two attached hydrogens (primary N) is 1. The quantitative estimate of drug-likeness (QED) is 0.243. The summed E-state index contributed by atoms with van der Waals surface area (Å²) < 4.78 is 21.2. The SMILES string of the molecule is N#Cc1c(Oc2cc(NC(=O)c3cccc(C4(N)CC4)c3)c(F)cc2Cl)ccc2nc(NC(=O)C3CC3)sc12. The highest BCUT2D eigenvalue weighted by atomic mass is 35.5. The van der Waals surface area contributed by atoms with Crippen LogP contribution in [0.4, 0.5) is 15.2 Å². The molecule has 6 rings (SSSR count). The van der Waals surface area contributed by atoms with E-state index in [2.05, 4.69) is 21.7 Å². The van der Waals surface area contributed by atoms with Crippen molar-refractivity contribution in [1.82, 2.24) is 4.98 Å². The number of fused-ring (bicyclic) bond motifs is 1. The molecule has 39 heavy (non-hydrogen) atoms. The Morgan fingerprint density at radius 1 is 1.15 bits per heavy atom. The van der Waals surface area contributed by atoms with Gasteiger partial charge in [-0.3, -0.25) is 9.59 Å². The molecule has 2 saturated carbocycles. The summed E-state index contributed by atoms with van der Waals surface area (Å²) in [6, 6.07) is 14.6. The molecule has 3 aromatic carbocycles. The minimum Gasteiger partial charge on any atom is -0.454 e. The molecule has 2 fully saturated rings. The Labute approximate surface area is 231 Å². The third-order valence-corrected chi connectivity index (χ3v) is 8.09. The van der Waals surface area contributed by atoms with Crippen molar-refractivity contribution in [2.45, 2.75) is 31.2 Å². The van der Waals surface area contributed by atoms with Gasteiger partial charge in [0.1, 0.15) is 28.9 Å². The monoisotopic (exact) mass is 561 g/mol. The highest BCUT2D eigenvalue weighted by molar-refractivity contribution is 7.22. The number of nitrogens with zero attached hydrogens (tertiary/aromatic N) is 2. The Morgan fingerprint density at radius 3 is 2.67 bits per heavy atom. The van der Waals surface area contributed by atoms with E-state index in [0.717, 1.165) is 37.3 Å². The molecular weight excluding hydrogens is 541 g/mol. The maximum absolute atomic E-state index is 14.8. The van der Waals surface area contributed by atoms with Crippen LogP contribution in [0, 0.1) is 23.1 Å². The van der Waals surface area contributed by atoms with E-state index in [0.29, 0.717) is 20.9 Å². The van der Waals surface area contributed by atoms with E-state index in [9.17, 15) is 19.2 Å². The smallest absolute Gasteiger partial charge is 0.255 e. The largest absolute Gasteiger partial charge is 0.454 e. The van der Waals surface area contributed by atoms with Crippen LogP contribution in [0.2, 0.25) is 5.02 Å². The predicted molar refractivity (Wildman–Crippen MR) is 147 cm³/mol. The van der Waals surface area contributed by atoms with Gasteiger partial charge in [-0.15, -0.1) is 0 Å². The number of aromatic nitrogens is 1. The molecule has 2 aliphatic carbocycles. The van der Waals surface area contributed by atoms with E-state index in [1.807, 2.05) is 6.07 Å². The van der Waals surface area contributed by atoms with Gasteiger partial charge in [0.25, 0.3) is 5.91 Å². The maximum atomic E-state index is 14.8. The summed E-state index contributed by atoms with van der Waals surface area (Å²) in [5.74, 6) is -1.12. The first-order valence-electron chi connectivity index (χ1n) is 12.3. The van der Waals surface area contributed by atoms with Gasteiger partial charge < -0.3 is 21.1 Å². The molecule has 1 aromatic heterocycles. The van der Waals surface area contributed by atoms with E-state index < -0.39 is 17.3 Å². The van der Waals surface area contributed by atoms with Crippen molar-refractivity contribution in [1.29, 1.82) is 5.26 Å². The highest BCUT2D eigenvalue weighted by Gasteiger charge is 2.40. The first kappa shape index (κ1) is 25.2. The number of nitriles is 1. The lowest BCUT2D eigenvalue weighted by Gasteiger charge is -2.14. The Morgan fingerprint density at radius 2 is 1.95 bits per heavy atom. The summed E-state index contributed by atoms with van der Waals surface area (Å²) in [4.78, 5) is 29.4. The molecule has 8 nitrogen and oxygen atoms in total. The van der Waals surface area contributed by atoms with Gasteiger partial charge in [-0.2, -0.15) is 5.26 Å². The molecule has 2 amide bonds. The summed E-state index contributed by atoms with van der Waals surface area (Å²) in [5.41, 5.74) is 7.62. The van der Waals surface area contributed by atoms with E-state index in [-0.39, 0.29) is 39.6 Å². The number of nitrogens with one attached hydrogen (secondary N) is 2. The number of hydrogen-bond donors (Lipinski definition) is 3. The van der Waals surface area contributed by atoms with Crippen LogP contribution in [-0.2, 0) is 10.3 Å². The van der Waals surface area contributed by atoms with Crippen LogP contribution in [0.3, 0.4) is 0 Å². The van der Waals surface area contributed by atoms with Crippen LogP contribution in [-0.4, -0.2) is 16.8 Å². The van der Waals surface area contributed by atoms with Crippen molar-refractivity contribution in [2.75, 3.05) is 10.6 Å². The summed E-state index contributed by atoms with van der Waals surface area (Å²) in [5, 5.41) is 15.6. The summed E-state index contributed by atoms with van der Waals surface area (Å²) >= 11 is 7.43. The fourth-order valence-corrected chi connectivity index (χ4v) is 5.33. The fourth-order valence-electron chi connectivity index (χ4n) is 4.18. The molecule has 4 aromatic rings. The standard InChI is InChI=1S/C28H21ClFN5O3S/c29-18-11-19(30)21(33-26(37)15-2-1-3-16(10-15)28(32)8-9-28)12-23(18)38-22-7-6-20-24(17(22)13-31)39-27(34-20)35-25(36)14-4-5-14/h1-3,6-7,10-12,14H,4-5,8-9,32H2,(H,33,37)(H,34,35,36). The second-order valence-corrected chi connectivity index (χ2v) is 11.1. The molecule has 4 N–H and O–H groups in total. The van der Waals surface area contributed by atoms with Gasteiger partial charge in [-0.05, 0) is 61.6 Å². The Hall–Kier alpha value is -4.04. The number of anilines is 2. The number of hydrogen-bond acceptors (Lipinski definition) is 7. The van der Waals surface area contributed by atoms with Crippen LogP contribution in [0.5, 0.6) is 11.5 Å². The van der Waals surface area contributed by atoms with Gasteiger partial charge in [-0.1, -0.05) is 35.1 Å². The molecule has 11 heteroatoms. The maximum Gasteiger partial charge on any atom is 0.255 e. The van der Waals surface area contributed by atoms with Crippen molar-refractivity contribution < 1.29 is 18.7 Å². The first-order chi connectivity index (χ1) is 18.7. The van der Waals surface area contributed by atoms with Gasteiger partial charge in [-0.25, -0.2) is 9.37 Å². The summed E-state index contributed by atoms with van der Waals surface area (Å²) in [6.45, 7) is 0. The molecule has 0 aliphatic heterocycles. The lowest BCUT2D eigenvalue weighted by atomic mass is 10.0. The van der Waals surface area contributed by atoms with Crippen LogP contribution in [0.1, 0.15) is 47.2 Å². The van der Waals surface area contributed by atoms with Crippen LogP contribution in [0.15, 0.2) is 48.5 Å². The minimum absolute atomic E-state index is 0.0149. The van der Waals surface area contributed by atoms with E-state index >= 15 is 0 Å².